The van der Waals surface area contributed by atoms with Gasteiger partial charge in [-0.25, -0.2) is 0 Å². The molecule has 1 aromatic carbocycles. The van der Waals surface area contributed by atoms with Crippen LogP contribution in [0.5, 0.6) is 5.75 Å². The van der Waals surface area contributed by atoms with Crippen molar-refractivity contribution in [3.05, 3.63) is 33.9 Å². The van der Waals surface area contributed by atoms with Crippen LogP contribution in [0.2, 0.25) is 0 Å². The lowest BCUT2D eigenvalue weighted by molar-refractivity contribution is -0.385. The van der Waals surface area contributed by atoms with E-state index < -0.39 is 4.92 Å². The third-order valence-corrected chi connectivity index (χ3v) is 2.29. The Balaban J connectivity index is 2.85. The molecule has 0 spiro atoms. The van der Waals surface area contributed by atoms with Crippen molar-refractivity contribution in [3.63, 3.8) is 0 Å². The van der Waals surface area contributed by atoms with Crippen molar-refractivity contribution in [2.75, 3.05) is 13.0 Å². The van der Waals surface area contributed by atoms with Crippen LogP contribution in [0.25, 0.3) is 0 Å². The van der Waals surface area contributed by atoms with Crippen molar-refractivity contribution in [3.8, 4) is 5.75 Å². The van der Waals surface area contributed by atoms with E-state index in [9.17, 15) is 14.9 Å². The summed E-state index contributed by atoms with van der Waals surface area (Å²) in [6.07, 6.45) is 0. The molecular weight excluding hydrogens is 248 g/mol. The summed E-state index contributed by atoms with van der Waals surface area (Å²) >= 11 is 5.31. The standard InChI is InChI=1S/C10H11ClN2O4/c1-17-9-3-2-7(4-8(9)13(15)16)6-12-10(14)5-11/h2-4H,5-6H2,1H3,(H,12,14). The summed E-state index contributed by atoms with van der Waals surface area (Å²) in [6, 6.07) is 4.48. The summed E-state index contributed by atoms with van der Waals surface area (Å²) < 4.78 is 4.86. The second-order valence-corrected chi connectivity index (χ2v) is 3.44. The first-order valence-electron chi connectivity index (χ1n) is 4.72. The van der Waals surface area contributed by atoms with Crippen LogP contribution in [-0.2, 0) is 11.3 Å². The quantitative estimate of drug-likeness (QED) is 0.492. The second kappa shape index (κ2) is 6.05. The van der Waals surface area contributed by atoms with Gasteiger partial charge in [0.1, 0.15) is 5.88 Å². The molecule has 6 nitrogen and oxygen atoms in total. The number of carbonyl (C=O) groups excluding carboxylic acids is 1. The van der Waals surface area contributed by atoms with Crippen LogP contribution in [0.3, 0.4) is 0 Å². The van der Waals surface area contributed by atoms with E-state index in [1.54, 1.807) is 6.07 Å². The van der Waals surface area contributed by atoms with Gasteiger partial charge in [-0.3, -0.25) is 14.9 Å². The third-order valence-electron chi connectivity index (χ3n) is 2.05. The molecule has 0 saturated heterocycles. The molecule has 1 amide bonds. The molecule has 1 aromatic rings. The summed E-state index contributed by atoms with van der Waals surface area (Å²) in [7, 11) is 1.36. The largest absolute Gasteiger partial charge is 0.490 e. The zero-order chi connectivity index (χ0) is 12.8. The van der Waals surface area contributed by atoms with Gasteiger partial charge in [0.25, 0.3) is 0 Å². The molecule has 1 rings (SSSR count). The number of nitrogens with one attached hydrogen (secondary N) is 1. The number of hydrogen-bond donors (Lipinski definition) is 1. The Morgan fingerprint density at radius 3 is 2.82 bits per heavy atom. The average Bonchev–Trinajstić information content (AvgIpc) is 2.35. The van der Waals surface area contributed by atoms with E-state index in [0.29, 0.717) is 5.56 Å². The highest BCUT2D eigenvalue weighted by Gasteiger charge is 2.15. The number of ether oxygens (including phenoxy) is 1. The molecule has 1 N–H and O–H groups in total. The predicted octanol–water partition coefficient (Wildman–Crippen LogP) is 1.46. The van der Waals surface area contributed by atoms with Crippen molar-refractivity contribution < 1.29 is 14.5 Å². The van der Waals surface area contributed by atoms with Crippen LogP contribution in [-0.4, -0.2) is 23.8 Å². The summed E-state index contributed by atoms with van der Waals surface area (Å²) in [5.41, 5.74) is 0.473. The molecule has 0 heterocycles. The Bertz CT molecular complexity index is 436. The van der Waals surface area contributed by atoms with Gasteiger partial charge < -0.3 is 10.1 Å². The first-order chi connectivity index (χ1) is 8.08. The Morgan fingerprint density at radius 2 is 2.29 bits per heavy atom. The summed E-state index contributed by atoms with van der Waals surface area (Å²) in [4.78, 5) is 21.1. The average molecular weight is 259 g/mol. The maximum absolute atomic E-state index is 10.9. The van der Waals surface area contributed by atoms with Gasteiger partial charge in [0, 0.05) is 12.6 Å². The zero-order valence-corrected chi connectivity index (χ0v) is 9.86. The minimum absolute atomic E-state index is 0.134. The number of nitro groups is 1. The molecule has 7 heteroatoms. The van der Waals surface area contributed by atoms with Crippen molar-refractivity contribution >= 4 is 23.2 Å². The van der Waals surface area contributed by atoms with Gasteiger partial charge in [0.15, 0.2) is 5.75 Å². The number of methoxy groups -OCH3 is 1. The molecule has 0 unspecified atom stereocenters. The number of rotatable bonds is 5. The molecule has 0 saturated carbocycles. The van der Waals surface area contributed by atoms with E-state index in [-0.39, 0.29) is 29.8 Å². The number of nitrogens with zero attached hydrogens (tertiary/aromatic N) is 1. The van der Waals surface area contributed by atoms with Crippen LogP contribution in [0.1, 0.15) is 5.56 Å². The van der Waals surface area contributed by atoms with E-state index >= 15 is 0 Å². The SMILES string of the molecule is COc1ccc(CNC(=O)CCl)cc1[N+](=O)[O-]. The number of amides is 1. The van der Waals surface area contributed by atoms with Crippen molar-refractivity contribution in [1.29, 1.82) is 0 Å². The fraction of sp³-hybridized carbons (Fsp3) is 0.300. The Kier molecular flexibility index (Phi) is 4.71. The molecule has 17 heavy (non-hydrogen) atoms. The minimum atomic E-state index is -0.536. The molecule has 0 aromatic heterocycles. The van der Waals surface area contributed by atoms with E-state index in [0.717, 1.165) is 0 Å². The van der Waals surface area contributed by atoms with Crippen LogP contribution in [0, 0.1) is 10.1 Å². The van der Waals surface area contributed by atoms with Crippen LogP contribution >= 0.6 is 11.6 Å². The highest BCUT2D eigenvalue weighted by atomic mass is 35.5. The first kappa shape index (κ1) is 13.2. The van der Waals surface area contributed by atoms with Gasteiger partial charge in [-0.15, -0.1) is 11.6 Å². The molecule has 0 aliphatic heterocycles. The van der Waals surface area contributed by atoms with Gasteiger partial charge in [0.05, 0.1) is 12.0 Å². The Hall–Kier alpha value is -1.82. The molecule has 0 atom stereocenters. The van der Waals surface area contributed by atoms with E-state index in [4.69, 9.17) is 16.3 Å². The number of hydrogen-bond acceptors (Lipinski definition) is 4. The first-order valence-corrected chi connectivity index (χ1v) is 5.26. The minimum Gasteiger partial charge on any atom is -0.490 e. The summed E-state index contributed by atoms with van der Waals surface area (Å²) in [5.74, 6) is -0.286. The maximum Gasteiger partial charge on any atom is 0.311 e. The lowest BCUT2D eigenvalue weighted by atomic mass is 10.2. The van der Waals surface area contributed by atoms with Crippen molar-refractivity contribution in [2.45, 2.75) is 6.54 Å². The number of nitro benzene ring substituents is 1. The molecule has 0 aliphatic carbocycles. The summed E-state index contributed by atoms with van der Waals surface area (Å²) in [6.45, 7) is 0.191. The molecule has 0 fully saturated rings. The van der Waals surface area contributed by atoms with Crippen LogP contribution in [0.4, 0.5) is 5.69 Å². The highest BCUT2D eigenvalue weighted by molar-refractivity contribution is 6.27. The smallest absolute Gasteiger partial charge is 0.311 e. The second-order valence-electron chi connectivity index (χ2n) is 3.17. The Morgan fingerprint density at radius 1 is 1.59 bits per heavy atom. The van der Waals surface area contributed by atoms with Crippen molar-refractivity contribution in [2.24, 2.45) is 0 Å². The predicted molar refractivity (Wildman–Crippen MR) is 62.2 cm³/mol. The van der Waals surface area contributed by atoms with Crippen LogP contribution < -0.4 is 10.1 Å². The highest BCUT2D eigenvalue weighted by Crippen LogP contribution is 2.27. The fourth-order valence-electron chi connectivity index (χ4n) is 1.24. The van der Waals surface area contributed by atoms with Gasteiger partial charge >= 0.3 is 5.69 Å². The summed E-state index contributed by atoms with van der Waals surface area (Å²) in [5, 5.41) is 13.3. The molecular formula is C10H11ClN2O4. The zero-order valence-electron chi connectivity index (χ0n) is 9.10. The number of benzene rings is 1. The molecule has 0 aliphatic rings. The van der Waals surface area contributed by atoms with E-state index in [2.05, 4.69) is 5.32 Å². The number of alkyl halides is 1. The van der Waals surface area contributed by atoms with E-state index in [1.807, 2.05) is 0 Å². The van der Waals surface area contributed by atoms with Gasteiger partial charge in [0.2, 0.25) is 5.91 Å². The molecule has 0 radical (unpaired) electrons. The van der Waals surface area contributed by atoms with Gasteiger partial charge in [-0.2, -0.15) is 0 Å². The fourth-order valence-corrected chi connectivity index (χ4v) is 1.33. The monoisotopic (exact) mass is 258 g/mol. The molecule has 92 valence electrons. The van der Waals surface area contributed by atoms with E-state index in [1.165, 1.54) is 19.2 Å². The maximum atomic E-state index is 10.9. The third kappa shape index (κ3) is 3.60. The number of halogens is 1. The van der Waals surface area contributed by atoms with Crippen molar-refractivity contribution in [1.82, 2.24) is 5.32 Å². The lowest BCUT2D eigenvalue weighted by Gasteiger charge is -2.05. The number of carbonyl (C=O) groups is 1. The van der Waals surface area contributed by atoms with Crippen LogP contribution in [0.15, 0.2) is 18.2 Å². The lowest BCUT2D eigenvalue weighted by Crippen LogP contribution is -2.23. The normalized spacial score (nSPS) is 9.76. The van der Waals surface area contributed by atoms with Gasteiger partial charge in [-0.1, -0.05) is 6.07 Å². The Labute approximate surface area is 103 Å². The topological polar surface area (TPSA) is 81.5 Å². The van der Waals surface area contributed by atoms with Gasteiger partial charge in [-0.05, 0) is 11.6 Å². The molecule has 0 bridgehead atoms.